The van der Waals surface area contributed by atoms with Crippen molar-refractivity contribution in [3.05, 3.63) is 6.42 Å². The Bertz CT molecular complexity index is 810. The van der Waals surface area contributed by atoms with Crippen LogP contribution in [0.2, 0.25) is 0 Å². The summed E-state index contributed by atoms with van der Waals surface area (Å²) in [4.78, 5) is 0. The van der Waals surface area contributed by atoms with Crippen LogP contribution in [0.1, 0.15) is 96.3 Å². The Labute approximate surface area is 266 Å². The van der Waals surface area contributed by atoms with Crippen LogP contribution in [-0.4, -0.2) is 49.3 Å². The first-order valence-electron chi connectivity index (χ1n) is 18.1. The van der Waals surface area contributed by atoms with E-state index >= 15 is 0 Å². The fourth-order valence-corrected chi connectivity index (χ4v) is 11.7. The van der Waals surface area contributed by atoms with Crippen molar-refractivity contribution in [1.82, 2.24) is 42.5 Å². The van der Waals surface area contributed by atoms with E-state index in [4.69, 9.17) is 6.65 Å². The molecule has 0 aromatic heterocycles. The fraction of sp³-hybridized carbons (Fsp3) is 0.969. The molecule has 9 aliphatic rings. The van der Waals surface area contributed by atoms with Crippen molar-refractivity contribution < 1.29 is 25.7 Å². The first-order chi connectivity index (χ1) is 21.2. The molecule has 4 saturated carbocycles. The van der Waals surface area contributed by atoms with Crippen molar-refractivity contribution >= 4 is 0 Å². The monoisotopic (exact) mass is 631 g/mol. The Kier molecular flexibility index (Phi) is 9.34. The van der Waals surface area contributed by atoms with Crippen LogP contribution in [0.5, 0.6) is 0 Å². The van der Waals surface area contributed by atoms with Crippen molar-refractivity contribution in [2.45, 2.75) is 146 Å². The van der Waals surface area contributed by atoms with E-state index < -0.39 is 19.1 Å². The summed E-state index contributed by atoms with van der Waals surface area (Å²) in [6.45, 7) is 0. The predicted octanol–water partition coefficient (Wildman–Crippen LogP) is 2.18. The normalized spacial score (nSPS) is 53.8. The van der Waals surface area contributed by atoms with Crippen molar-refractivity contribution in [2.75, 3.05) is 0 Å². The minimum atomic E-state index is -2.00. The third-order valence-electron chi connectivity index (χ3n) is 13.6. The van der Waals surface area contributed by atoms with Gasteiger partial charge in [0.05, 0.1) is 43.2 Å². The van der Waals surface area contributed by atoms with E-state index in [9.17, 15) is 0 Å². The molecule has 0 spiro atoms. The molecule has 5 aliphatic heterocycles. The number of fused-ring (bicyclic) bond motifs is 20. The molecule has 240 valence electrons. The van der Waals surface area contributed by atoms with E-state index in [1.165, 1.54) is 96.3 Å². The van der Waals surface area contributed by atoms with Gasteiger partial charge in [-0.1, -0.05) is 51.4 Å². The third kappa shape index (κ3) is 5.76. The molecular weight excluding hydrogens is 576 g/mol. The average molecular weight is 632 g/mol. The van der Waals surface area contributed by atoms with Crippen molar-refractivity contribution in [1.29, 1.82) is 0 Å². The Morgan fingerprint density at radius 2 is 0.628 bits per heavy atom. The number of nitrogens with one attached hydrogen (secondary N) is 8. The van der Waals surface area contributed by atoms with Gasteiger partial charge in [0.15, 0.2) is 0 Å². The zero-order chi connectivity index (χ0) is 28.9. The third-order valence-corrected chi connectivity index (χ3v) is 13.6. The van der Waals surface area contributed by atoms with E-state index in [-0.39, 0.29) is 0 Å². The quantitative estimate of drug-likeness (QED) is 0.149. The summed E-state index contributed by atoms with van der Waals surface area (Å²) in [7, 11) is 0. The molecule has 5 heterocycles. The molecule has 5 saturated heterocycles. The maximum atomic E-state index is 8.50. The van der Waals surface area contributed by atoms with Crippen LogP contribution in [0.3, 0.4) is 0 Å². The van der Waals surface area contributed by atoms with E-state index in [2.05, 4.69) is 49.0 Å². The van der Waals surface area contributed by atoms with Gasteiger partial charge in [-0.2, -0.15) is 6.42 Å². The molecule has 0 aromatic rings. The van der Waals surface area contributed by atoms with Gasteiger partial charge in [-0.15, -0.1) is 5.92 Å². The van der Waals surface area contributed by atoms with Crippen LogP contribution in [0.15, 0.2) is 0 Å². The van der Waals surface area contributed by atoms with Crippen molar-refractivity contribution in [3.8, 4) is 0 Å². The zero-order valence-electron chi connectivity index (χ0n) is 25.7. The molecule has 9 fully saturated rings. The van der Waals surface area contributed by atoms with Gasteiger partial charge < -0.3 is 6.42 Å². The summed E-state index contributed by atoms with van der Waals surface area (Å²) < 4.78 is 17.0. The van der Waals surface area contributed by atoms with E-state index in [1.807, 2.05) is 0 Å². The van der Waals surface area contributed by atoms with E-state index in [0.29, 0.717) is 61.2 Å². The maximum absolute atomic E-state index is 8.50. The minimum absolute atomic E-state index is 0.365. The van der Waals surface area contributed by atoms with Crippen LogP contribution in [0, 0.1) is 53.8 Å². The van der Waals surface area contributed by atoms with Crippen LogP contribution in [-0.2, 0) is 25.7 Å². The molecule has 16 atom stereocenters. The molecule has 8 N–H and O–H groups in total. The first-order valence-corrected chi connectivity index (χ1v) is 19.4. The molecule has 10 nitrogen and oxygen atoms in total. The van der Waals surface area contributed by atoms with Gasteiger partial charge in [0, 0.05) is 6.17 Å². The van der Waals surface area contributed by atoms with Gasteiger partial charge >= 0.3 is 25.7 Å². The molecule has 11 heteroatoms. The zero-order valence-corrected chi connectivity index (χ0v) is 27.3. The first kappa shape index (κ1) is 30.3. The van der Waals surface area contributed by atoms with Crippen LogP contribution >= 0.6 is 0 Å². The van der Waals surface area contributed by atoms with Gasteiger partial charge in [-0.05, 0) is 80.0 Å². The molecule has 8 bridgehead atoms. The van der Waals surface area contributed by atoms with Gasteiger partial charge in [0.2, 0.25) is 0 Å². The van der Waals surface area contributed by atoms with Crippen LogP contribution in [0.4, 0.5) is 0 Å². The Hall–Kier alpha value is -0.00571. The van der Waals surface area contributed by atoms with Gasteiger partial charge in [0.25, 0.3) is 0 Å². The van der Waals surface area contributed by atoms with Gasteiger partial charge in [-0.3, -0.25) is 42.5 Å². The standard InChI is InChI=1S/C32H55N8.2O.Ti/c1-2-10-18-17(9-1)25-33-26(18)38-28-21-13-5-6-14-22(21)30(35-28)40-32-24-16-8-7-15-23(24)31(36-32)39-29-20-12-4-3-11-19(20)27(34-29)37-25;;;/h9,17-40H,1-8,10-16H2;;;/q-1;;;. The fourth-order valence-electron chi connectivity index (χ4n) is 11.7. The molecule has 0 amide bonds. The summed E-state index contributed by atoms with van der Waals surface area (Å²) in [6.07, 6.45) is 26.4. The topological polar surface area (TPSA) is 130 Å². The Morgan fingerprint density at radius 1 is 0.372 bits per heavy atom. The second-order valence-electron chi connectivity index (χ2n) is 15.5. The number of rotatable bonds is 0. The molecule has 4 aliphatic carbocycles. The molecule has 16 unspecified atom stereocenters. The molecule has 9 rings (SSSR count). The average Bonchev–Trinajstić information content (AvgIpc) is 3.77. The number of hydrogen-bond acceptors (Lipinski definition) is 10. The summed E-state index contributed by atoms with van der Waals surface area (Å²) in [5.41, 5.74) is 0. The summed E-state index contributed by atoms with van der Waals surface area (Å²) in [5.74, 6) is 5.74. The molecule has 0 radical (unpaired) electrons. The molecular formula is C32H55N8O2Ti-. The van der Waals surface area contributed by atoms with Crippen LogP contribution in [0.25, 0.3) is 0 Å². The Morgan fingerprint density at radius 3 is 0.953 bits per heavy atom. The second-order valence-corrected chi connectivity index (χ2v) is 15.7. The number of hydrogen-bond donors (Lipinski definition) is 8. The summed E-state index contributed by atoms with van der Waals surface area (Å²) >= 11 is -2.00. The van der Waals surface area contributed by atoms with Gasteiger partial charge in [-0.25, -0.2) is 0 Å². The Balaban J connectivity index is 0.000000892. The SMILES string of the molecule is [CH-]1CCCC2C3NC(NC4NC(NC5NC(NC6NC(N3)C3CCCCC63)C3CCCCC53)C3CCCCC43)C12.[O]=[Ti]=[O]. The predicted molar refractivity (Wildman–Crippen MR) is 158 cm³/mol. The van der Waals surface area contributed by atoms with Gasteiger partial charge in [0.1, 0.15) is 0 Å². The summed E-state index contributed by atoms with van der Waals surface area (Å²) in [6, 6.07) is 0. The summed E-state index contributed by atoms with van der Waals surface area (Å²) in [5, 5.41) is 33.7. The van der Waals surface area contributed by atoms with E-state index in [0.717, 1.165) is 35.5 Å². The molecule has 43 heavy (non-hydrogen) atoms. The van der Waals surface area contributed by atoms with Crippen molar-refractivity contribution in [3.63, 3.8) is 0 Å². The second kappa shape index (κ2) is 13.2. The van der Waals surface area contributed by atoms with E-state index in [1.54, 1.807) is 0 Å². The van der Waals surface area contributed by atoms with Crippen molar-refractivity contribution in [2.24, 2.45) is 47.3 Å². The van der Waals surface area contributed by atoms with Crippen LogP contribution < -0.4 is 42.5 Å². The molecule has 0 aromatic carbocycles.